The molecule has 0 radical (unpaired) electrons. The zero-order valence-corrected chi connectivity index (χ0v) is 14.0. The van der Waals surface area contributed by atoms with Gasteiger partial charge in [-0.3, -0.25) is 0 Å². The van der Waals surface area contributed by atoms with Gasteiger partial charge in [0.2, 0.25) is 0 Å². The van der Waals surface area contributed by atoms with Crippen LogP contribution < -0.4 is 5.32 Å². The molecule has 1 aliphatic carbocycles. The lowest BCUT2D eigenvalue weighted by Gasteiger charge is -2.29. The lowest BCUT2D eigenvalue weighted by Crippen LogP contribution is -2.39. The van der Waals surface area contributed by atoms with E-state index in [0.29, 0.717) is 32.4 Å². The third kappa shape index (κ3) is 9.46. The van der Waals surface area contributed by atoms with Gasteiger partial charge in [0.1, 0.15) is 0 Å². The Bertz CT molecular complexity index is 230. The number of aliphatic hydroxyl groups is 1. The van der Waals surface area contributed by atoms with Crippen molar-refractivity contribution in [1.29, 1.82) is 0 Å². The van der Waals surface area contributed by atoms with Crippen LogP contribution in [0.5, 0.6) is 0 Å². The molecule has 0 aromatic carbocycles. The van der Waals surface area contributed by atoms with Crippen LogP contribution in [0, 0.1) is 5.92 Å². The summed E-state index contributed by atoms with van der Waals surface area (Å²) in [5.41, 5.74) is 0. The predicted octanol–water partition coefficient (Wildman–Crippen LogP) is 2.74. The minimum atomic E-state index is -0.412. The second kappa shape index (κ2) is 12.4. The van der Waals surface area contributed by atoms with Crippen LogP contribution in [-0.4, -0.2) is 50.2 Å². The highest BCUT2D eigenvalue weighted by molar-refractivity contribution is 4.77. The van der Waals surface area contributed by atoms with E-state index in [2.05, 4.69) is 19.2 Å². The molecule has 21 heavy (non-hydrogen) atoms. The van der Waals surface area contributed by atoms with E-state index in [1.165, 1.54) is 32.1 Å². The second-order valence-corrected chi connectivity index (χ2v) is 6.23. The minimum Gasteiger partial charge on any atom is -0.389 e. The molecule has 1 rings (SSSR count). The van der Waals surface area contributed by atoms with Gasteiger partial charge in [0, 0.05) is 19.2 Å². The van der Waals surface area contributed by atoms with Crippen molar-refractivity contribution in [3.8, 4) is 0 Å². The number of unbranched alkanes of at least 4 members (excludes halogenated alkanes) is 1. The van der Waals surface area contributed by atoms with Crippen molar-refractivity contribution < 1.29 is 14.6 Å². The van der Waals surface area contributed by atoms with Crippen LogP contribution in [0.25, 0.3) is 0 Å². The lowest BCUT2D eigenvalue weighted by molar-refractivity contribution is 0.00274. The molecule has 1 unspecified atom stereocenters. The highest BCUT2D eigenvalue weighted by Crippen LogP contribution is 2.26. The van der Waals surface area contributed by atoms with Crippen molar-refractivity contribution in [2.45, 2.75) is 70.9 Å². The molecule has 4 nitrogen and oxygen atoms in total. The molecule has 1 fully saturated rings. The maximum absolute atomic E-state index is 9.89. The van der Waals surface area contributed by atoms with Crippen molar-refractivity contribution in [2.24, 2.45) is 5.92 Å². The molecular weight excluding hydrogens is 266 g/mol. The third-order valence-electron chi connectivity index (χ3n) is 4.39. The maximum atomic E-state index is 9.89. The zero-order chi connectivity index (χ0) is 15.3. The first-order chi connectivity index (χ1) is 10.3. The fourth-order valence-corrected chi connectivity index (χ4v) is 2.82. The SMILES string of the molecule is CCCCOCCOCC(O)CNC1CCC(CC)CC1. The molecule has 0 saturated heterocycles. The number of nitrogens with one attached hydrogen (secondary N) is 1. The van der Waals surface area contributed by atoms with Gasteiger partial charge in [-0.25, -0.2) is 0 Å². The topological polar surface area (TPSA) is 50.7 Å². The quantitative estimate of drug-likeness (QED) is 0.544. The third-order valence-corrected chi connectivity index (χ3v) is 4.39. The largest absolute Gasteiger partial charge is 0.389 e. The molecular formula is C17H35NO3. The van der Waals surface area contributed by atoms with Crippen molar-refractivity contribution in [1.82, 2.24) is 5.32 Å². The summed E-state index contributed by atoms with van der Waals surface area (Å²) in [4.78, 5) is 0. The van der Waals surface area contributed by atoms with E-state index in [-0.39, 0.29) is 0 Å². The van der Waals surface area contributed by atoms with Crippen molar-refractivity contribution in [2.75, 3.05) is 33.0 Å². The van der Waals surface area contributed by atoms with Gasteiger partial charge in [0.25, 0.3) is 0 Å². The number of hydrogen-bond donors (Lipinski definition) is 2. The minimum absolute atomic E-state index is 0.397. The molecule has 0 amide bonds. The zero-order valence-electron chi connectivity index (χ0n) is 14.0. The average Bonchev–Trinajstić information content (AvgIpc) is 2.52. The normalized spacial score (nSPS) is 24.1. The fraction of sp³-hybridized carbons (Fsp3) is 1.00. The Labute approximate surface area is 130 Å². The van der Waals surface area contributed by atoms with Gasteiger partial charge in [-0.15, -0.1) is 0 Å². The molecule has 126 valence electrons. The molecule has 0 aromatic rings. The van der Waals surface area contributed by atoms with Gasteiger partial charge in [0.05, 0.1) is 25.9 Å². The van der Waals surface area contributed by atoms with Gasteiger partial charge >= 0.3 is 0 Å². The Kier molecular flexibility index (Phi) is 11.1. The first-order valence-electron chi connectivity index (χ1n) is 8.83. The first kappa shape index (κ1) is 18.9. The molecule has 4 heteroatoms. The van der Waals surface area contributed by atoms with Gasteiger partial charge in [-0.05, 0) is 38.0 Å². The summed E-state index contributed by atoms with van der Waals surface area (Å²) in [5.74, 6) is 0.920. The van der Waals surface area contributed by atoms with Crippen molar-refractivity contribution in [3.63, 3.8) is 0 Å². The summed E-state index contributed by atoms with van der Waals surface area (Å²) in [6, 6.07) is 0.583. The molecule has 1 saturated carbocycles. The molecule has 1 atom stereocenters. The van der Waals surface area contributed by atoms with E-state index >= 15 is 0 Å². The highest BCUT2D eigenvalue weighted by atomic mass is 16.5. The van der Waals surface area contributed by atoms with Crippen molar-refractivity contribution >= 4 is 0 Å². The molecule has 0 aliphatic heterocycles. The number of hydrogen-bond acceptors (Lipinski definition) is 4. The smallest absolute Gasteiger partial charge is 0.0897 e. The van der Waals surface area contributed by atoms with Crippen LogP contribution in [0.15, 0.2) is 0 Å². The van der Waals surface area contributed by atoms with Crippen LogP contribution in [0.2, 0.25) is 0 Å². The molecule has 0 bridgehead atoms. The molecule has 0 aromatic heterocycles. The van der Waals surface area contributed by atoms with E-state index in [9.17, 15) is 5.11 Å². The Balaban J connectivity index is 1.91. The number of rotatable bonds is 12. The highest BCUT2D eigenvalue weighted by Gasteiger charge is 2.20. The summed E-state index contributed by atoms with van der Waals surface area (Å²) in [6.45, 7) is 7.48. The van der Waals surface area contributed by atoms with Crippen LogP contribution >= 0.6 is 0 Å². The second-order valence-electron chi connectivity index (χ2n) is 6.23. The molecule has 1 aliphatic rings. The van der Waals surface area contributed by atoms with E-state index in [1.54, 1.807) is 0 Å². The van der Waals surface area contributed by atoms with Crippen molar-refractivity contribution in [3.05, 3.63) is 0 Å². The van der Waals surface area contributed by atoms with Gasteiger partial charge in [-0.1, -0.05) is 26.7 Å². The van der Waals surface area contributed by atoms with E-state index in [1.807, 2.05) is 0 Å². The number of aliphatic hydroxyl groups excluding tert-OH is 1. The molecule has 0 spiro atoms. The standard InChI is InChI=1S/C17H35NO3/c1-3-5-10-20-11-12-21-14-17(19)13-18-16-8-6-15(4-2)7-9-16/h15-19H,3-14H2,1-2H3. The molecule has 2 N–H and O–H groups in total. The summed E-state index contributed by atoms with van der Waals surface area (Å²) in [5, 5.41) is 13.4. The number of ether oxygens (including phenoxy) is 2. The molecule has 0 heterocycles. The predicted molar refractivity (Wildman–Crippen MR) is 86.6 cm³/mol. The Morgan fingerprint density at radius 3 is 2.43 bits per heavy atom. The Hall–Kier alpha value is -0.160. The van der Waals surface area contributed by atoms with E-state index in [4.69, 9.17) is 9.47 Å². The van der Waals surface area contributed by atoms with Crippen LogP contribution in [0.1, 0.15) is 58.8 Å². The Morgan fingerprint density at radius 1 is 1.05 bits per heavy atom. The summed E-state index contributed by atoms with van der Waals surface area (Å²) >= 11 is 0. The monoisotopic (exact) mass is 301 g/mol. The first-order valence-corrected chi connectivity index (χ1v) is 8.83. The van der Waals surface area contributed by atoms with Gasteiger partial charge in [0.15, 0.2) is 0 Å². The summed E-state index contributed by atoms with van der Waals surface area (Å²) in [6.07, 6.45) is 8.31. The summed E-state index contributed by atoms with van der Waals surface area (Å²) < 4.78 is 10.8. The average molecular weight is 301 g/mol. The van der Waals surface area contributed by atoms with Crippen LogP contribution in [-0.2, 0) is 9.47 Å². The van der Waals surface area contributed by atoms with Crippen LogP contribution in [0.4, 0.5) is 0 Å². The van der Waals surface area contributed by atoms with Gasteiger partial charge in [-0.2, -0.15) is 0 Å². The van der Waals surface area contributed by atoms with Gasteiger partial charge < -0.3 is 19.9 Å². The maximum Gasteiger partial charge on any atom is 0.0897 e. The lowest BCUT2D eigenvalue weighted by atomic mass is 9.84. The summed E-state index contributed by atoms with van der Waals surface area (Å²) in [7, 11) is 0. The van der Waals surface area contributed by atoms with E-state index in [0.717, 1.165) is 25.4 Å². The Morgan fingerprint density at radius 2 is 1.76 bits per heavy atom. The fourth-order valence-electron chi connectivity index (χ4n) is 2.82. The van der Waals surface area contributed by atoms with E-state index < -0.39 is 6.10 Å². The van der Waals surface area contributed by atoms with Crippen LogP contribution in [0.3, 0.4) is 0 Å².